The number of nitrogens with zero attached hydrogens (tertiary/aromatic N) is 1. The SMILES string of the molecule is NCCC(O)C(O)c1cc([N+](=O)[O-])cc(C(F)(F)F)c1. The lowest BCUT2D eigenvalue weighted by atomic mass is 9.99. The van der Waals surface area contributed by atoms with E-state index in [4.69, 9.17) is 5.73 Å². The van der Waals surface area contributed by atoms with Crippen LogP contribution in [0, 0.1) is 10.1 Å². The first-order chi connectivity index (χ1) is 9.16. The number of halogens is 3. The second kappa shape index (κ2) is 6.16. The van der Waals surface area contributed by atoms with E-state index in [1.165, 1.54) is 0 Å². The number of non-ortho nitro benzene ring substituents is 1. The molecule has 0 fully saturated rings. The summed E-state index contributed by atoms with van der Waals surface area (Å²) in [6.07, 6.45) is -7.92. The van der Waals surface area contributed by atoms with Crippen molar-refractivity contribution >= 4 is 5.69 Å². The monoisotopic (exact) mass is 294 g/mol. The second-order valence-electron chi connectivity index (χ2n) is 4.16. The minimum absolute atomic E-state index is 0.0132. The van der Waals surface area contributed by atoms with E-state index in [9.17, 15) is 33.5 Å². The maximum absolute atomic E-state index is 12.6. The van der Waals surface area contributed by atoms with Gasteiger partial charge >= 0.3 is 6.18 Å². The van der Waals surface area contributed by atoms with Crippen LogP contribution < -0.4 is 5.73 Å². The molecule has 0 spiro atoms. The minimum Gasteiger partial charge on any atom is -0.390 e. The minimum atomic E-state index is -4.79. The van der Waals surface area contributed by atoms with Crippen molar-refractivity contribution in [2.24, 2.45) is 5.73 Å². The molecule has 0 saturated heterocycles. The molecule has 2 atom stereocenters. The van der Waals surface area contributed by atoms with E-state index in [2.05, 4.69) is 0 Å². The summed E-state index contributed by atoms with van der Waals surface area (Å²) < 4.78 is 37.9. The molecule has 1 rings (SSSR count). The number of aliphatic hydroxyl groups excluding tert-OH is 2. The highest BCUT2D eigenvalue weighted by molar-refractivity contribution is 5.41. The third kappa shape index (κ3) is 3.89. The van der Waals surface area contributed by atoms with Gasteiger partial charge in [-0.2, -0.15) is 13.2 Å². The summed E-state index contributed by atoms with van der Waals surface area (Å²) in [5, 5.41) is 29.9. The Morgan fingerprint density at radius 3 is 2.35 bits per heavy atom. The molecule has 4 N–H and O–H groups in total. The zero-order chi connectivity index (χ0) is 15.5. The van der Waals surface area contributed by atoms with Crippen LogP contribution in [0.25, 0.3) is 0 Å². The van der Waals surface area contributed by atoms with Crippen molar-refractivity contribution in [2.75, 3.05) is 6.54 Å². The van der Waals surface area contributed by atoms with Gasteiger partial charge in [-0.15, -0.1) is 0 Å². The Bertz CT molecular complexity index is 493. The molecule has 6 nitrogen and oxygen atoms in total. The van der Waals surface area contributed by atoms with E-state index in [1.807, 2.05) is 0 Å². The van der Waals surface area contributed by atoms with Crippen molar-refractivity contribution in [3.8, 4) is 0 Å². The van der Waals surface area contributed by atoms with Gasteiger partial charge in [0, 0.05) is 12.1 Å². The van der Waals surface area contributed by atoms with Crippen LogP contribution in [0.15, 0.2) is 18.2 Å². The predicted molar refractivity (Wildman–Crippen MR) is 62.7 cm³/mol. The van der Waals surface area contributed by atoms with Gasteiger partial charge in [-0.05, 0) is 24.6 Å². The van der Waals surface area contributed by atoms with Crippen LogP contribution in [0.4, 0.5) is 18.9 Å². The van der Waals surface area contributed by atoms with Crippen molar-refractivity contribution in [1.29, 1.82) is 0 Å². The lowest BCUT2D eigenvalue weighted by molar-refractivity contribution is -0.385. The normalized spacial score (nSPS) is 14.9. The van der Waals surface area contributed by atoms with Crippen LogP contribution in [0.1, 0.15) is 23.7 Å². The molecule has 112 valence electrons. The Balaban J connectivity index is 3.25. The maximum Gasteiger partial charge on any atom is 0.416 e. The number of alkyl halides is 3. The molecule has 0 radical (unpaired) electrons. The molecule has 20 heavy (non-hydrogen) atoms. The summed E-state index contributed by atoms with van der Waals surface area (Å²) in [6, 6.07) is 1.72. The first-order valence-corrected chi connectivity index (χ1v) is 5.59. The number of benzene rings is 1. The van der Waals surface area contributed by atoms with Gasteiger partial charge in [0.1, 0.15) is 6.10 Å². The van der Waals surface area contributed by atoms with Crippen molar-refractivity contribution in [3.63, 3.8) is 0 Å². The van der Waals surface area contributed by atoms with Gasteiger partial charge in [-0.3, -0.25) is 10.1 Å². The summed E-state index contributed by atoms with van der Waals surface area (Å²) in [6.45, 7) is 0.0132. The number of hydrogen-bond donors (Lipinski definition) is 3. The Morgan fingerprint density at radius 2 is 1.90 bits per heavy atom. The van der Waals surface area contributed by atoms with Gasteiger partial charge in [-0.1, -0.05) is 0 Å². The quantitative estimate of drug-likeness (QED) is 0.561. The fraction of sp³-hybridized carbons (Fsp3) is 0.455. The number of hydrogen-bond acceptors (Lipinski definition) is 5. The Kier molecular flexibility index (Phi) is 5.03. The van der Waals surface area contributed by atoms with Crippen molar-refractivity contribution < 1.29 is 28.3 Å². The smallest absolute Gasteiger partial charge is 0.390 e. The van der Waals surface area contributed by atoms with Crippen molar-refractivity contribution in [1.82, 2.24) is 0 Å². The third-order valence-corrected chi connectivity index (χ3v) is 2.65. The summed E-state index contributed by atoms with van der Waals surface area (Å²) in [4.78, 5) is 9.63. The molecule has 1 aromatic carbocycles. The summed E-state index contributed by atoms with van der Waals surface area (Å²) >= 11 is 0. The lowest BCUT2D eigenvalue weighted by Crippen LogP contribution is -2.22. The number of nitro groups is 1. The van der Waals surface area contributed by atoms with Gasteiger partial charge in [0.15, 0.2) is 0 Å². The number of aliphatic hydroxyl groups is 2. The highest BCUT2D eigenvalue weighted by Crippen LogP contribution is 2.34. The van der Waals surface area contributed by atoms with E-state index in [1.54, 1.807) is 0 Å². The van der Waals surface area contributed by atoms with Crippen LogP contribution in [-0.2, 0) is 6.18 Å². The topological polar surface area (TPSA) is 110 Å². The van der Waals surface area contributed by atoms with E-state index in [-0.39, 0.29) is 18.5 Å². The van der Waals surface area contributed by atoms with Crippen molar-refractivity contribution in [2.45, 2.75) is 24.8 Å². The molecule has 2 unspecified atom stereocenters. The standard InChI is InChI=1S/C11H13F3N2O4/c12-11(13,14)7-3-6(4-8(5-7)16(19)20)10(18)9(17)1-2-15/h3-5,9-10,17-18H,1-2,15H2. The van der Waals surface area contributed by atoms with Gasteiger partial charge in [0.05, 0.1) is 16.6 Å². The molecule has 0 heterocycles. The van der Waals surface area contributed by atoms with Gasteiger partial charge < -0.3 is 15.9 Å². The highest BCUT2D eigenvalue weighted by atomic mass is 19.4. The molecular formula is C11H13F3N2O4. The Hall–Kier alpha value is -1.71. The molecule has 0 saturated carbocycles. The average Bonchev–Trinajstić information content (AvgIpc) is 2.36. The van der Waals surface area contributed by atoms with E-state index in [0.717, 1.165) is 6.07 Å². The van der Waals surface area contributed by atoms with E-state index < -0.39 is 34.6 Å². The molecule has 1 aromatic rings. The zero-order valence-corrected chi connectivity index (χ0v) is 10.2. The number of nitrogens with two attached hydrogens (primary N) is 1. The van der Waals surface area contributed by atoms with Crippen LogP contribution in [0.2, 0.25) is 0 Å². The molecule has 0 aliphatic rings. The lowest BCUT2D eigenvalue weighted by Gasteiger charge is -2.18. The van der Waals surface area contributed by atoms with Gasteiger partial charge in [0.2, 0.25) is 0 Å². The van der Waals surface area contributed by atoms with Gasteiger partial charge in [0.25, 0.3) is 5.69 Å². The average molecular weight is 294 g/mol. The third-order valence-electron chi connectivity index (χ3n) is 2.65. The fourth-order valence-electron chi connectivity index (χ4n) is 1.63. The second-order valence-corrected chi connectivity index (χ2v) is 4.16. The molecule has 0 aliphatic carbocycles. The molecule has 0 amide bonds. The van der Waals surface area contributed by atoms with Crippen LogP contribution in [0.5, 0.6) is 0 Å². The van der Waals surface area contributed by atoms with Crippen LogP contribution in [-0.4, -0.2) is 27.8 Å². The summed E-state index contributed by atoms with van der Waals surface area (Å²) in [5.74, 6) is 0. The molecule has 0 aliphatic heterocycles. The van der Waals surface area contributed by atoms with Crippen LogP contribution in [0.3, 0.4) is 0 Å². The highest BCUT2D eigenvalue weighted by Gasteiger charge is 2.34. The first-order valence-electron chi connectivity index (χ1n) is 5.59. The molecule has 0 bridgehead atoms. The fourth-order valence-corrected chi connectivity index (χ4v) is 1.63. The van der Waals surface area contributed by atoms with E-state index >= 15 is 0 Å². The maximum atomic E-state index is 12.6. The molecular weight excluding hydrogens is 281 g/mol. The zero-order valence-electron chi connectivity index (χ0n) is 10.2. The number of rotatable bonds is 5. The molecule has 0 aromatic heterocycles. The largest absolute Gasteiger partial charge is 0.416 e. The van der Waals surface area contributed by atoms with E-state index in [0.29, 0.717) is 12.1 Å². The number of nitro benzene ring substituents is 1. The van der Waals surface area contributed by atoms with Crippen molar-refractivity contribution in [3.05, 3.63) is 39.4 Å². The first kappa shape index (κ1) is 16.3. The van der Waals surface area contributed by atoms with Crippen LogP contribution >= 0.6 is 0 Å². The summed E-state index contributed by atoms with van der Waals surface area (Å²) in [7, 11) is 0. The summed E-state index contributed by atoms with van der Waals surface area (Å²) in [5.41, 5.74) is 2.71. The Morgan fingerprint density at radius 1 is 1.30 bits per heavy atom. The Labute approximate surface area is 111 Å². The predicted octanol–water partition coefficient (Wildman–Crippen LogP) is 1.36. The molecule has 9 heteroatoms. The van der Waals surface area contributed by atoms with Gasteiger partial charge in [-0.25, -0.2) is 0 Å².